The van der Waals surface area contributed by atoms with Gasteiger partial charge in [-0.25, -0.2) is 5.43 Å². The lowest BCUT2D eigenvalue weighted by molar-refractivity contribution is -0.384. The third kappa shape index (κ3) is 5.54. The molecule has 158 valence electrons. The van der Waals surface area contributed by atoms with Gasteiger partial charge in [0.1, 0.15) is 5.75 Å². The number of carbonyl (C=O) groups is 1. The summed E-state index contributed by atoms with van der Waals surface area (Å²) >= 11 is 0. The molecule has 0 atom stereocenters. The van der Waals surface area contributed by atoms with Crippen LogP contribution in [-0.4, -0.2) is 60.3 Å². The lowest BCUT2D eigenvalue weighted by Gasteiger charge is -2.34. The van der Waals surface area contributed by atoms with Crippen LogP contribution in [0.2, 0.25) is 0 Å². The minimum absolute atomic E-state index is 0.0276. The van der Waals surface area contributed by atoms with Crippen LogP contribution in [0, 0.1) is 10.1 Å². The molecule has 9 nitrogen and oxygen atoms in total. The number of rotatable bonds is 7. The number of aryl methyl sites for hydroxylation is 1. The van der Waals surface area contributed by atoms with Gasteiger partial charge in [-0.2, -0.15) is 5.10 Å². The van der Waals surface area contributed by atoms with E-state index >= 15 is 0 Å². The average molecular weight is 411 g/mol. The molecule has 30 heavy (non-hydrogen) atoms. The number of likely N-dealkylation sites (N-methyl/N-ethyl adjacent to an activating group) is 1. The molecule has 0 bridgehead atoms. The molecule has 0 unspecified atom stereocenters. The number of para-hydroxylation sites is 1. The average Bonchev–Trinajstić information content (AvgIpc) is 2.74. The maximum absolute atomic E-state index is 12.1. The second-order valence-electron chi connectivity index (χ2n) is 7.21. The third-order valence-corrected chi connectivity index (χ3v) is 5.07. The number of piperazine rings is 1. The number of carbonyl (C=O) groups excluding carboxylic acids is 1. The van der Waals surface area contributed by atoms with Crippen LogP contribution in [0.5, 0.6) is 5.75 Å². The van der Waals surface area contributed by atoms with Crippen molar-refractivity contribution in [2.45, 2.75) is 12.8 Å². The molecule has 0 radical (unpaired) electrons. The van der Waals surface area contributed by atoms with E-state index in [9.17, 15) is 20.0 Å². The number of aromatic hydroxyl groups is 1. The van der Waals surface area contributed by atoms with Gasteiger partial charge in [0.05, 0.1) is 11.1 Å². The molecule has 2 aromatic carbocycles. The first-order valence-electron chi connectivity index (χ1n) is 9.75. The second kappa shape index (κ2) is 9.84. The minimum Gasteiger partial charge on any atom is -0.508 e. The van der Waals surface area contributed by atoms with Crippen LogP contribution < -0.4 is 10.3 Å². The van der Waals surface area contributed by atoms with Gasteiger partial charge in [0.15, 0.2) is 0 Å². The highest BCUT2D eigenvalue weighted by Gasteiger charge is 2.18. The van der Waals surface area contributed by atoms with E-state index in [1.165, 1.54) is 18.3 Å². The van der Waals surface area contributed by atoms with Crippen molar-refractivity contribution >= 4 is 23.5 Å². The molecule has 2 aromatic rings. The number of nitrogens with one attached hydrogen (secondary N) is 1. The molecule has 0 aliphatic carbocycles. The Hall–Kier alpha value is -3.46. The highest BCUT2D eigenvalue weighted by atomic mass is 16.6. The molecule has 1 aliphatic heterocycles. The van der Waals surface area contributed by atoms with Crippen molar-refractivity contribution in [1.29, 1.82) is 0 Å². The van der Waals surface area contributed by atoms with E-state index in [2.05, 4.69) is 27.4 Å². The van der Waals surface area contributed by atoms with Gasteiger partial charge < -0.3 is 14.9 Å². The van der Waals surface area contributed by atoms with Gasteiger partial charge in [0.25, 0.3) is 5.69 Å². The third-order valence-electron chi connectivity index (χ3n) is 5.07. The summed E-state index contributed by atoms with van der Waals surface area (Å²) in [5.74, 6) is -0.150. The Bertz CT molecular complexity index is 939. The fraction of sp³-hybridized carbons (Fsp3) is 0.333. The predicted molar refractivity (Wildman–Crippen MR) is 115 cm³/mol. The Labute approximate surface area is 174 Å². The number of non-ortho nitro benzene ring substituents is 1. The minimum atomic E-state index is -0.448. The molecule has 0 spiro atoms. The number of anilines is 1. The highest BCUT2D eigenvalue weighted by molar-refractivity contribution is 5.90. The van der Waals surface area contributed by atoms with Gasteiger partial charge in [-0.1, -0.05) is 18.2 Å². The largest absolute Gasteiger partial charge is 0.508 e. The number of nitrogens with zero attached hydrogens (tertiary/aromatic N) is 4. The zero-order chi connectivity index (χ0) is 21.5. The van der Waals surface area contributed by atoms with Crippen LogP contribution >= 0.6 is 0 Å². The van der Waals surface area contributed by atoms with Gasteiger partial charge >= 0.3 is 0 Å². The normalized spacial score (nSPS) is 14.8. The van der Waals surface area contributed by atoms with Gasteiger partial charge in [-0.05, 0) is 31.2 Å². The zero-order valence-corrected chi connectivity index (χ0v) is 16.8. The van der Waals surface area contributed by atoms with Crippen LogP contribution in [0.1, 0.15) is 17.5 Å². The van der Waals surface area contributed by atoms with Crippen molar-refractivity contribution in [2.75, 3.05) is 38.1 Å². The summed E-state index contributed by atoms with van der Waals surface area (Å²) in [6.45, 7) is 3.41. The number of phenols is 1. The molecular formula is C21H25N5O4. The summed E-state index contributed by atoms with van der Waals surface area (Å²) in [6, 6.07) is 11.5. The van der Waals surface area contributed by atoms with Crippen molar-refractivity contribution in [3.63, 3.8) is 0 Å². The number of amides is 1. The molecule has 1 saturated heterocycles. The van der Waals surface area contributed by atoms with Crippen LogP contribution in [0.4, 0.5) is 11.4 Å². The Morgan fingerprint density at radius 2 is 1.97 bits per heavy atom. The summed E-state index contributed by atoms with van der Waals surface area (Å²) in [4.78, 5) is 27.2. The molecular weight excluding hydrogens is 386 g/mol. The zero-order valence-electron chi connectivity index (χ0n) is 16.8. The highest BCUT2D eigenvalue weighted by Crippen LogP contribution is 2.25. The van der Waals surface area contributed by atoms with E-state index in [1.807, 2.05) is 0 Å². The molecule has 1 fully saturated rings. The number of benzene rings is 2. The lowest BCUT2D eigenvalue weighted by Crippen LogP contribution is -2.44. The molecule has 1 amide bonds. The fourth-order valence-electron chi connectivity index (χ4n) is 3.29. The van der Waals surface area contributed by atoms with E-state index in [0.717, 1.165) is 31.9 Å². The van der Waals surface area contributed by atoms with Crippen LogP contribution in [0.25, 0.3) is 0 Å². The van der Waals surface area contributed by atoms with E-state index in [0.29, 0.717) is 17.5 Å². The quantitative estimate of drug-likeness (QED) is 0.410. The van der Waals surface area contributed by atoms with Gasteiger partial charge in [-0.3, -0.25) is 14.9 Å². The van der Waals surface area contributed by atoms with Gasteiger partial charge in [0, 0.05) is 56.0 Å². The number of phenolic OH excluding ortho intramolecular Hbond substituents is 1. The van der Waals surface area contributed by atoms with E-state index in [-0.39, 0.29) is 23.8 Å². The lowest BCUT2D eigenvalue weighted by atomic mass is 10.1. The summed E-state index contributed by atoms with van der Waals surface area (Å²) in [5.41, 5.74) is 4.55. The summed E-state index contributed by atoms with van der Waals surface area (Å²) in [7, 11) is 2.06. The molecule has 1 aliphatic rings. The maximum atomic E-state index is 12.1. The van der Waals surface area contributed by atoms with Crippen molar-refractivity contribution in [1.82, 2.24) is 10.3 Å². The SMILES string of the molecule is CN1CCN(c2ccc([N+](=O)[O-])cc2/C=N\NC(=O)CCc2ccccc2O)CC1. The Morgan fingerprint density at radius 3 is 2.67 bits per heavy atom. The van der Waals surface area contributed by atoms with E-state index in [4.69, 9.17) is 0 Å². The molecule has 9 heteroatoms. The number of hydrogen-bond donors (Lipinski definition) is 2. The van der Waals surface area contributed by atoms with Gasteiger partial charge in [0.2, 0.25) is 5.91 Å². The topological polar surface area (TPSA) is 111 Å². The van der Waals surface area contributed by atoms with Crippen molar-refractivity contribution in [2.24, 2.45) is 5.10 Å². The van der Waals surface area contributed by atoms with Crippen LogP contribution in [0.15, 0.2) is 47.6 Å². The first kappa shape index (κ1) is 21.3. The summed E-state index contributed by atoms with van der Waals surface area (Å²) < 4.78 is 0. The monoisotopic (exact) mass is 411 g/mol. The van der Waals surface area contributed by atoms with E-state index < -0.39 is 4.92 Å². The Morgan fingerprint density at radius 1 is 1.23 bits per heavy atom. The molecule has 1 heterocycles. The maximum Gasteiger partial charge on any atom is 0.270 e. The van der Waals surface area contributed by atoms with Crippen LogP contribution in [-0.2, 0) is 11.2 Å². The number of hydrogen-bond acceptors (Lipinski definition) is 7. The van der Waals surface area contributed by atoms with Crippen LogP contribution in [0.3, 0.4) is 0 Å². The smallest absolute Gasteiger partial charge is 0.270 e. The molecule has 0 aromatic heterocycles. The first-order valence-corrected chi connectivity index (χ1v) is 9.75. The summed E-state index contributed by atoms with van der Waals surface area (Å²) in [5, 5.41) is 24.9. The fourth-order valence-corrected chi connectivity index (χ4v) is 3.29. The summed E-state index contributed by atoms with van der Waals surface area (Å²) in [6.07, 6.45) is 1.99. The molecule has 3 rings (SSSR count). The second-order valence-corrected chi connectivity index (χ2v) is 7.21. The van der Waals surface area contributed by atoms with Gasteiger partial charge in [-0.15, -0.1) is 0 Å². The van der Waals surface area contributed by atoms with Crippen molar-refractivity contribution < 1.29 is 14.8 Å². The molecule has 2 N–H and O–H groups in total. The van der Waals surface area contributed by atoms with Crippen molar-refractivity contribution in [3.05, 3.63) is 63.7 Å². The van der Waals surface area contributed by atoms with E-state index in [1.54, 1.807) is 30.3 Å². The number of nitro groups is 1. The first-order chi connectivity index (χ1) is 14.4. The number of hydrazone groups is 1. The predicted octanol–water partition coefficient (Wildman–Crippen LogP) is 2.14. The standard InChI is InChI=1S/C21H25N5O4/c1-24-10-12-25(13-11-24)19-8-7-18(26(29)30)14-17(19)15-22-23-21(28)9-6-16-4-2-3-5-20(16)27/h2-5,7-8,14-15,27H,6,9-13H2,1H3,(H,23,28)/b22-15-. The Kier molecular flexibility index (Phi) is 6.97. The number of nitro benzene ring substituents is 1. The molecule has 0 saturated carbocycles. The van der Waals surface area contributed by atoms with Crippen molar-refractivity contribution in [3.8, 4) is 5.75 Å². The Balaban J connectivity index is 1.66.